The summed E-state index contributed by atoms with van der Waals surface area (Å²) in [6.07, 6.45) is 2.15. The third kappa shape index (κ3) is 4.94. The Labute approximate surface area is 148 Å². The summed E-state index contributed by atoms with van der Waals surface area (Å²) in [4.78, 5) is 14.2. The van der Waals surface area contributed by atoms with Gasteiger partial charge in [0.15, 0.2) is 0 Å². The summed E-state index contributed by atoms with van der Waals surface area (Å²) in [5.74, 6) is -0.816. The summed E-state index contributed by atoms with van der Waals surface area (Å²) in [5, 5.41) is 5.12. The predicted molar refractivity (Wildman–Crippen MR) is 94.3 cm³/mol. The van der Waals surface area contributed by atoms with E-state index in [0.29, 0.717) is 0 Å². The lowest BCUT2D eigenvalue weighted by molar-refractivity contribution is 0.0821. The number of carbonyl (C=O) groups excluding carboxylic acids is 1. The minimum atomic E-state index is -0.456. The molecule has 0 bridgehead atoms. The fourth-order valence-corrected chi connectivity index (χ4v) is 2.84. The van der Waals surface area contributed by atoms with Crippen molar-refractivity contribution in [3.05, 3.63) is 29.6 Å². The predicted octanol–water partition coefficient (Wildman–Crippen LogP) is 1.82. The van der Waals surface area contributed by atoms with Crippen LogP contribution in [-0.2, 0) is 0 Å². The number of hydrogen-bond donors (Lipinski definition) is 2. The van der Waals surface area contributed by atoms with E-state index < -0.39 is 5.82 Å². The monoisotopic (exact) mass is 364 g/mol. The molecule has 130 valence electrons. The lowest BCUT2D eigenvalue weighted by Gasteiger charge is -2.29. The Morgan fingerprint density at radius 3 is 2.35 bits per heavy atom. The molecule has 0 atom stereocenters. The van der Waals surface area contributed by atoms with Crippen LogP contribution in [0.2, 0.25) is 0 Å². The van der Waals surface area contributed by atoms with E-state index in [1.165, 1.54) is 6.07 Å². The maximum atomic E-state index is 14.2. The van der Waals surface area contributed by atoms with Crippen molar-refractivity contribution in [3.8, 4) is 0 Å². The van der Waals surface area contributed by atoms with Crippen molar-refractivity contribution in [3.63, 3.8) is 0 Å². The van der Waals surface area contributed by atoms with Gasteiger partial charge in [-0.05, 0) is 31.0 Å². The molecule has 0 spiro atoms. The van der Waals surface area contributed by atoms with Crippen molar-refractivity contribution < 1.29 is 9.18 Å². The Hall–Kier alpha value is -1.08. The van der Waals surface area contributed by atoms with Gasteiger partial charge in [-0.25, -0.2) is 9.40 Å². The molecule has 0 aliphatic carbocycles. The molecule has 1 amide bonds. The summed E-state index contributed by atoms with van der Waals surface area (Å²) in [5.41, 5.74) is 3.72. The molecule has 2 heterocycles. The first-order chi connectivity index (χ1) is 10.2. The molecule has 1 aromatic rings. The molecule has 0 unspecified atom stereocenters. The van der Waals surface area contributed by atoms with Gasteiger partial charge < -0.3 is 10.2 Å². The van der Waals surface area contributed by atoms with Gasteiger partial charge >= 0.3 is 0 Å². The van der Waals surface area contributed by atoms with Gasteiger partial charge in [0, 0.05) is 45.0 Å². The minimum Gasteiger partial charge on any atom is -0.369 e. The normalized spacial score (nSPS) is 18.0. The summed E-state index contributed by atoms with van der Waals surface area (Å²) >= 11 is 0. The molecule has 2 fully saturated rings. The topological polar surface area (TPSA) is 47.6 Å². The number of nitrogens with one attached hydrogen (secondary N) is 2. The smallest absolute Gasteiger partial charge is 0.268 e. The van der Waals surface area contributed by atoms with Crippen LogP contribution in [0, 0.1) is 5.82 Å². The van der Waals surface area contributed by atoms with Crippen molar-refractivity contribution in [2.24, 2.45) is 0 Å². The van der Waals surface area contributed by atoms with Crippen LogP contribution in [0.3, 0.4) is 0 Å². The van der Waals surface area contributed by atoms with E-state index in [4.69, 9.17) is 0 Å². The van der Waals surface area contributed by atoms with E-state index in [2.05, 4.69) is 15.6 Å². The molecule has 5 nitrogen and oxygen atoms in total. The van der Waals surface area contributed by atoms with Crippen LogP contribution < -0.4 is 15.6 Å². The van der Waals surface area contributed by atoms with Gasteiger partial charge in [0.25, 0.3) is 5.91 Å². The molecule has 23 heavy (non-hydrogen) atoms. The molecule has 0 radical (unpaired) electrons. The highest BCUT2D eigenvalue weighted by atomic mass is 35.5. The number of piperazine rings is 1. The Bertz CT molecular complexity index is 520. The Kier molecular flexibility index (Phi) is 8.05. The summed E-state index contributed by atoms with van der Waals surface area (Å²) in [6.45, 7) is 5.20. The number of carbonyl (C=O) groups is 1. The number of amides is 1. The van der Waals surface area contributed by atoms with Gasteiger partial charge in [0.05, 0.1) is 5.56 Å². The van der Waals surface area contributed by atoms with Crippen LogP contribution in [0.4, 0.5) is 10.1 Å². The fourth-order valence-electron chi connectivity index (χ4n) is 2.84. The molecule has 1 aromatic carbocycles. The SMILES string of the molecule is Cl.Cl.O=C(NN1CCCC1)c1ccc(N2CCNCC2)cc1F. The van der Waals surface area contributed by atoms with Crippen LogP contribution in [0.25, 0.3) is 0 Å². The van der Waals surface area contributed by atoms with Gasteiger partial charge in [0.1, 0.15) is 5.82 Å². The Balaban J connectivity index is 0.00000132. The largest absolute Gasteiger partial charge is 0.369 e. The first-order valence-corrected chi connectivity index (χ1v) is 7.55. The van der Waals surface area contributed by atoms with Gasteiger partial charge in [0.2, 0.25) is 0 Å². The second-order valence-electron chi connectivity index (χ2n) is 5.54. The standard InChI is InChI=1S/C15H21FN4O.2ClH/c16-14-11-12(19-9-5-17-6-10-19)3-4-13(14)15(21)18-20-7-1-2-8-20;;/h3-4,11,17H,1-2,5-10H2,(H,18,21);2*1H. The average Bonchev–Trinajstić information content (AvgIpc) is 3.01. The zero-order valence-corrected chi connectivity index (χ0v) is 14.5. The van der Waals surface area contributed by atoms with Gasteiger partial charge in [-0.1, -0.05) is 0 Å². The fraction of sp³-hybridized carbons (Fsp3) is 0.533. The maximum absolute atomic E-state index is 14.2. The number of halogens is 3. The maximum Gasteiger partial charge on any atom is 0.268 e. The van der Waals surface area contributed by atoms with Gasteiger partial charge in [-0.2, -0.15) is 0 Å². The Morgan fingerprint density at radius 1 is 1.09 bits per heavy atom. The lowest BCUT2D eigenvalue weighted by atomic mass is 10.1. The molecule has 2 aliphatic heterocycles. The number of nitrogens with zero attached hydrogens (tertiary/aromatic N) is 2. The quantitative estimate of drug-likeness (QED) is 0.858. The molecule has 3 rings (SSSR count). The minimum absolute atomic E-state index is 0. The molecule has 2 saturated heterocycles. The van der Waals surface area contributed by atoms with E-state index in [1.54, 1.807) is 6.07 Å². The third-order valence-corrected chi connectivity index (χ3v) is 4.05. The van der Waals surface area contributed by atoms with E-state index in [-0.39, 0.29) is 36.3 Å². The van der Waals surface area contributed by atoms with E-state index in [9.17, 15) is 9.18 Å². The zero-order chi connectivity index (χ0) is 14.7. The van der Waals surface area contributed by atoms with Crippen molar-refractivity contribution in [1.29, 1.82) is 0 Å². The second-order valence-corrected chi connectivity index (χ2v) is 5.54. The summed E-state index contributed by atoms with van der Waals surface area (Å²) in [7, 11) is 0. The Morgan fingerprint density at radius 2 is 1.74 bits per heavy atom. The molecule has 0 aromatic heterocycles. The number of hydrazine groups is 1. The highest BCUT2D eigenvalue weighted by Crippen LogP contribution is 2.19. The number of hydrogen-bond acceptors (Lipinski definition) is 4. The summed E-state index contributed by atoms with van der Waals surface area (Å²) in [6, 6.07) is 4.87. The highest BCUT2D eigenvalue weighted by Gasteiger charge is 2.19. The van der Waals surface area contributed by atoms with Gasteiger partial charge in [-0.3, -0.25) is 10.2 Å². The lowest BCUT2D eigenvalue weighted by Crippen LogP contribution is -2.43. The average molecular weight is 365 g/mol. The first kappa shape index (κ1) is 20.0. The molecular weight excluding hydrogens is 342 g/mol. The molecule has 0 saturated carbocycles. The van der Waals surface area contributed by atoms with Crippen LogP contribution >= 0.6 is 24.8 Å². The number of rotatable bonds is 3. The van der Waals surface area contributed by atoms with E-state index >= 15 is 0 Å². The van der Waals surface area contributed by atoms with Crippen molar-refractivity contribution >= 4 is 36.4 Å². The highest BCUT2D eigenvalue weighted by molar-refractivity contribution is 5.94. The van der Waals surface area contributed by atoms with Crippen LogP contribution in [-0.4, -0.2) is 50.2 Å². The van der Waals surface area contributed by atoms with Crippen LogP contribution in [0.1, 0.15) is 23.2 Å². The van der Waals surface area contributed by atoms with Crippen LogP contribution in [0.5, 0.6) is 0 Å². The molecule has 2 aliphatic rings. The molecular formula is C15H23Cl2FN4O. The summed E-state index contributed by atoms with van der Waals surface area (Å²) < 4.78 is 14.2. The van der Waals surface area contributed by atoms with Crippen molar-refractivity contribution in [2.75, 3.05) is 44.2 Å². The van der Waals surface area contributed by atoms with Crippen molar-refractivity contribution in [2.45, 2.75) is 12.8 Å². The van der Waals surface area contributed by atoms with E-state index in [0.717, 1.165) is 57.8 Å². The number of benzene rings is 1. The number of anilines is 1. The second kappa shape index (κ2) is 9.27. The van der Waals surface area contributed by atoms with Crippen LogP contribution in [0.15, 0.2) is 18.2 Å². The zero-order valence-electron chi connectivity index (χ0n) is 12.9. The van der Waals surface area contributed by atoms with E-state index in [1.807, 2.05) is 11.1 Å². The third-order valence-electron chi connectivity index (χ3n) is 4.05. The molecule has 2 N–H and O–H groups in total. The first-order valence-electron chi connectivity index (χ1n) is 7.55. The van der Waals surface area contributed by atoms with Crippen molar-refractivity contribution in [1.82, 2.24) is 15.8 Å². The molecule has 8 heteroatoms. The van der Waals surface area contributed by atoms with Gasteiger partial charge in [-0.15, -0.1) is 24.8 Å².